The number of hydrogen-bond acceptors (Lipinski definition) is 6. The highest BCUT2D eigenvalue weighted by Crippen LogP contribution is 2.25. The van der Waals surface area contributed by atoms with Crippen molar-refractivity contribution in [1.82, 2.24) is 14.9 Å². The van der Waals surface area contributed by atoms with Crippen LogP contribution in [0.15, 0.2) is 18.2 Å². The molecule has 2 heterocycles. The fourth-order valence-electron chi connectivity index (χ4n) is 2.78. The number of benzene rings is 1. The van der Waals surface area contributed by atoms with Crippen LogP contribution in [0.4, 0.5) is 11.8 Å². The van der Waals surface area contributed by atoms with Crippen LogP contribution < -0.4 is 10.2 Å². The Bertz CT molecular complexity index is 667. The molecule has 0 atom stereocenters. The van der Waals surface area contributed by atoms with Crippen molar-refractivity contribution in [3.05, 3.63) is 23.8 Å². The lowest BCUT2D eigenvalue weighted by Crippen LogP contribution is -2.45. The Labute approximate surface area is 142 Å². The Hall–Kier alpha value is -1.53. The molecule has 1 aliphatic heterocycles. The molecule has 1 N–H and O–H groups in total. The minimum Gasteiger partial charge on any atom is -0.369 e. The van der Waals surface area contributed by atoms with Crippen molar-refractivity contribution in [2.75, 3.05) is 62.0 Å². The van der Waals surface area contributed by atoms with Gasteiger partial charge >= 0.3 is 0 Å². The molecule has 0 unspecified atom stereocenters. The van der Waals surface area contributed by atoms with Gasteiger partial charge in [0.1, 0.15) is 5.82 Å². The first kappa shape index (κ1) is 16.3. The van der Waals surface area contributed by atoms with E-state index < -0.39 is 0 Å². The summed E-state index contributed by atoms with van der Waals surface area (Å²) in [6, 6.07) is 6.39. The smallest absolute Gasteiger partial charge is 0.227 e. The minimum absolute atomic E-state index is 0.848. The van der Waals surface area contributed by atoms with Crippen molar-refractivity contribution in [2.45, 2.75) is 6.92 Å². The topological polar surface area (TPSA) is 44.3 Å². The molecule has 0 bridgehead atoms. The molecular weight excluding hydrogens is 306 g/mol. The van der Waals surface area contributed by atoms with Gasteiger partial charge in [-0.2, -0.15) is 16.7 Å². The van der Waals surface area contributed by atoms with E-state index in [1.807, 2.05) is 11.8 Å². The molecule has 2 aromatic rings. The standard InChI is InChI=1S/C17H25N5S/c1-13-4-5-15-14(12-13)16(18-6-11-23-3)20-17(19-15)22-9-7-21(2)8-10-22/h4-5,12H,6-11H2,1-3H3,(H,18,19,20). The van der Waals surface area contributed by atoms with E-state index >= 15 is 0 Å². The first-order valence-corrected chi connectivity index (χ1v) is 9.51. The maximum atomic E-state index is 4.84. The van der Waals surface area contributed by atoms with Gasteiger partial charge in [0.2, 0.25) is 5.95 Å². The second-order valence-electron chi connectivity index (χ2n) is 6.10. The van der Waals surface area contributed by atoms with E-state index in [4.69, 9.17) is 9.97 Å². The van der Waals surface area contributed by atoms with Gasteiger partial charge < -0.3 is 15.1 Å². The summed E-state index contributed by atoms with van der Waals surface area (Å²) in [5.41, 5.74) is 2.26. The molecule has 0 amide bonds. The van der Waals surface area contributed by atoms with Gasteiger partial charge in [-0.3, -0.25) is 0 Å². The fraction of sp³-hybridized carbons (Fsp3) is 0.529. The van der Waals surface area contributed by atoms with Gasteiger partial charge in [0.15, 0.2) is 0 Å². The van der Waals surface area contributed by atoms with Crippen LogP contribution in [-0.2, 0) is 0 Å². The van der Waals surface area contributed by atoms with E-state index in [-0.39, 0.29) is 0 Å². The summed E-state index contributed by atoms with van der Waals surface area (Å²) in [6.45, 7) is 7.12. The Morgan fingerprint density at radius 2 is 1.96 bits per heavy atom. The van der Waals surface area contributed by atoms with E-state index in [0.29, 0.717) is 0 Å². The van der Waals surface area contributed by atoms with Crippen LogP contribution in [0.2, 0.25) is 0 Å². The molecule has 23 heavy (non-hydrogen) atoms. The van der Waals surface area contributed by atoms with Crippen LogP contribution in [0.1, 0.15) is 5.56 Å². The number of nitrogens with zero attached hydrogens (tertiary/aromatic N) is 4. The van der Waals surface area contributed by atoms with Gasteiger partial charge in [-0.1, -0.05) is 11.6 Å². The molecule has 1 aromatic carbocycles. The largest absolute Gasteiger partial charge is 0.369 e. The van der Waals surface area contributed by atoms with Gasteiger partial charge in [0.05, 0.1) is 5.52 Å². The van der Waals surface area contributed by atoms with Crippen molar-refractivity contribution in [1.29, 1.82) is 0 Å². The van der Waals surface area contributed by atoms with Gasteiger partial charge in [0, 0.05) is 43.9 Å². The molecule has 6 heteroatoms. The van der Waals surface area contributed by atoms with Crippen molar-refractivity contribution < 1.29 is 0 Å². The molecule has 0 aliphatic carbocycles. The molecule has 1 aromatic heterocycles. The number of aromatic nitrogens is 2. The number of likely N-dealkylation sites (N-methyl/N-ethyl adjacent to an activating group) is 1. The van der Waals surface area contributed by atoms with Crippen LogP contribution in [0.3, 0.4) is 0 Å². The summed E-state index contributed by atoms with van der Waals surface area (Å²) in [7, 11) is 2.16. The Kier molecular flexibility index (Phi) is 5.23. The van der Waals surface area contributed by atoms with Gasteiger partial charge in [0.25, 0.3) is 0 Å². The van der Waals surface area contributed by atoms with Crippen LogP contribution >= 0.6 is 11.8 Å². The summed E-state index contributed by atoms with van der Waals surface area (Å²) < 4.78 is 0. The average molecular weight is 331 g/mol. The van der Waals surface area contributed by atoms with Crippen LogP contribution in [0, 0.1) is 6.92 Å². The summed E-state index contributed by atoms with van der Waals surface area (Å²) in [4.78, 5) is 14.3. The molecular formula is C17H25N5S. The van der Waals surface area contributed by atoms with Gasteiger partial charge in [-0.15, -0.1) is 0 Å². The zero-order chi connectivity index (χ0) is 16.2. The van der Waals surface area contributed by atoms with Crippen LogP contribution in [0.5, 0.6) is 0 Å². The summed E-state index contributed by atoms with van der Waals surface area (Å²) in [5.74, 6) is 2.88. The monoisotopic (exact) mass is 331 g/mol. The van der Waals surface area contributed by atoms with Crippen molar-refractivity contribution in [3.63, 3.8) is 0 Å². The zero-order valence-electron chi connectivity index (χ0n) is 14.2. The molecule has 124 valence electrons. The number of hydrogen-bond donors (Lipinski definition) is 1. The number of aryl methyl sites for hydroxylation is 1. The normalized spacial score (nSPS) is 16.0. The molecule has 0 saturated carbocycles. The summed E-state index contributed by atoms with van der Waals surface area (Å²) in [5, 5.41) is 4.61. The Morgan fingerprint density at radius 3 is 2.70 bits per heavy atom. The van der Waals surface area contributed by atoms with E-state index in [2.05, 4.69) is 53.5 Å². The van der Waals surface area contributed by atoms with E-state index in [1.54, 1.807) is 0 Å². The zero-order valence-corrected chi connectivity index (χ0v) is 15.0. The van der Waals surface area contributed by atoms with Crippen molar-refractivity contribution in [2.24, 2.45) is 0 Å². The maximum Gasteiger partial charge on any atom is 0.227 e. The third kappa shape index (κ3) is 3.87. The third-order valence-electron chi connectivity index (χ3n) is 4.22. The molecule has 3 rings (SSSR count). The van der Waals surface area contributed by atoms with Crippen LogP contribution in [0.25, 0.3) is 10.9 Å². The highest BCUT2D eigenvalue weighted by molar-refractivity contribution is 7.98. The molecule has 0 spiro atoms. The van der Waals surface area contributed by atoms with E-state index in [9.17, 15) is 0 Å². The van der Waals surface area contributed by atoms with Crippen molar-refractivity contribution >= 4 is 34.4 Å². The number of rotatable bonds is 5. The molecule has 1 fully saturated rings. The molecule has 1 saturated heterocycles. The quantitative estimate of drug-likeness (QED) is 0.849. The first-order chi connectivity index (χ1) is 11.2. The number of nitrogens with one attached hydrogen (secondary N) is 1. The fourth-order valence-corrected chi connectivity index (χ4v) is 3.09. The highest BCUT2D eigenvalue weighted by atomic mass is 32.2. The van der Waals surface area contributed by atoms with Gasteiger partial charge in [-0.05, 0) is 32.4 Å². The maximum absolute atomic E-state index is 4.84. The minimum atomic E-state index is 0.848. The average Bonchev–Trinajstić information content (AvgIpc) is 2.56. The summed E-state index contributed by atoms with van der Waals surface area (Å²) in [6.07, 6.45) is 2.12. The predicted molar refractivity (Wildman–Crippen MR) is 101 cm³/mol. The summed E-state index contributed by atoms with van der Waals surface area (Å²) >= 11 is 1.84. The SMILES string of the molecule is CSCCNc1nc(N2CCN(C)CC2)nc2ccc(C)cc12. The van der Waals surface area contributed by atoms with Crippen LogP contribution in [-0.4, -0.2) is 66.6 Å². The van der Waals surface area contributed by atoms with E-state index in [1.165, 1.54) is 5.56 Å². The molecule has 0 radical (unpaired) electrons. The van der Waals surface area contributed by atoms with Gasteiger partial charge in [-0.25, -0.2) is 4.98 Å². The molecule has 5 nitrogen and oxygen atoms in total. The number of thioether (sulfide) groups is 1. The highest BCUT2D eigenvalue weighted by Gasteiger charge is 2.18. The van der Waals surface area contributed by atoms with E-state index in [0.717, 1.165) is 61.1 Å². The second-order valence-corrected chi connectivity index (χ2v) is 7.09. The third-order valence-corrected chi connectivity index (χ3v) is 4.84. The lowest BCUT2D eigenvalue weighted by atomic mass is 10.1. The lowest BCUT2D eigenvalue weighted by Gasteiger charge is -2.32. The number of anilines is 2. The molecule has 1 aliphatic rings. The number of fused-ring (bicyclic) bond motifs is 1. The Balaban J connectivity index is 1.94. The lowest BCUT2D eigenvalue weighted by molar-refractivity contribution is 0.311. The second kappa shape index (κ2) is 7.36. The Morgan fingerprint density at radius 1 is 1.17 bits per heavy atom. The first-order valence-electron chi connectivity index (χ1n) is 8.12. The van der Waals surface area contributed by atoms with Crippen molar-refractivity contribution in [3.8, 4) is 0 Å². The predicted octanol–water partition coefficient (Wildman–Crippen LogP) is 2.46. The number of piperazine rings is 1.